The van der Waals surface area contributed by atoms with E-state index in [1.165, 1.54) is 11.1 Å². The SMILES string of the molecule is Cc1cccc(N(C(=O)c2cc(-c3cc(Cl)ccc3C(=O)N3Cc4ccccc4C[C@H]3CN3CCOCC3)n3c2CCCC3)c2ccc(O)cc2)c1.Cl. The predicted octanol–water partition coefficient (Wildman–Crippen LogP) is 8.46. The molecule has 4 aromatic carbocycles. The number of nitrogens with zero attached hydrogens (tertiary/aromatic N) is 4. The number of fused-ring (bicyclic) bond motifs is 2. The van der Waals surface area contributed by atoms with Crippen molar-refractivity contribution in [1.82, 2.24) is 14.4 Å². The molecule has 0 radical (unpaired) electrons. The second kappa shape index (κ2) is 15.8. The Morgan fingerprint density at radius 3 is 2.40 bits per heavy atom. The van der Waals surface area contributed by atoms with Gasteiger partial charge >= 0.3 is 0 Å². The summed E-state index contributed by atoms with van der Waals surface area (Å²) in [6.07, 6.45) is 3.46. The first kappa shape index (κ1) is 36.7. The number of benzene rings is 4. The van der Waals surface area contributed by atoms with Crippen LogP contribution in [-0.2, 0) is 30.7 Å². The van der Waals surface area contributed by atoms with Gasteiger partial charge in [0.15, 0.2) is 0 Å². The molecule has 1 atom stereocenters. The molecule has 0 spiro atoms. The maximum absolute atomic E-state index is 14.9. The summed E-state index contributed by atoms with van der Waals surface area (Å²) in [5.41, 5.74) is 8.57. The fourth-order valence-electron chi connectivity index (χ4n) is 8.10. The number of phenolic OH excluding ortho intramolecular Hbond substituents is 1. The normalized spacial score (nSPS) is 17.0. The molecule has 1 fully saturated rings. The Morgan fingerprint density at radius 2 is 1.62 bits per heavy atom. The van der Waals surface area contributed by atoms with Crippen LogP contribution in [0.2, 0.25) is 5.02 Å². The zero-order valence-corrected chi connectivity index (χ0v) is 31.4. The fraction of sp³-hybridized carbons (Fsp3) is 0.302. The third-order valence-electron chi connectivity index (χ3n) is 10.7. The van der Waals surface area contributed by atoms with E-state index in [9.17, 15) is 14.7 Å². The number of carbonyl (C=O) groups is 2. The van der Waals surface area contributed by atoms with E-state index in [2.05, 4.69) is 27.7 Å². The van der Waals surface area contributed by atoms with Crippen LogP contribution in [0.5, 0.6) is 5.75 Å². The number of aromatic hydroxyl groups is 1. The lowest BCUT2D eigenvalue weighted by molar-refractivity contribution is 0.0193. The van der Waals surface area contributed by atoms with Gasteiger partial charge < -0.3 is 19.3 Å². The summed E-state index contributed by atoms with van der Waals surface area (Å²) in [7, 11) is 0. The zero-order chi connectivity index (χ0) is 35.8. The lowest BCUT2D eigenvalue weighted by Crippen LogP contribution is -2.52. The first-order chi connectivity index (χ1) is 25.3. The van der Waals surface area contributed by atoms with Crippen molar-refractivity contribution in [3.05, 3.63) is 136 Å². The van der Waals surface area contributed by atoms with Gasteiger partial charge in [-0.2, -0.15) is 0 Å². The van der Waals surface area contributed by atoms with E-state index >= 15 is 0 Å². The van der Waals surface area contributed by atoms with Gasteiger partial charge in [0.2, 0.25) is 0 Å². The third-order valence-corrected chi connectivity index (χ3v) is 11.0. The van der Waals surface area contributed by atoms with Gasteiger partial charge in [-0.1, -0.05) is 48.0 Å². The molecule has 4 heterocycles. The lowest BCUT2D eigenvalue weighted by Gasteiger charge is -2.40. The van der Waals surface area contributed by atoms with Gasteiger partial charge in [-0.25, -0.2) is 0 Å². The number of hydrogen-bond donors (Lipinski definition) is 1. The number of aromatic nitrogens is 1. The molecule has 1 saturated heterocycles. The van der Waals surface area contributed by atoms with E-state index in [1.54, 1.807) is 35.2 Å². The Morgan fingerprint density at radius 1 is 0.849 bits per heavy atom. The summed E-state index contributed by atoms with van der Waals surface area (Å²) in [6.45, 7) is 7.15. The minimum atomic E-state index is -0.165. The highest BCUT2D eigenvalue weighted by Crippen LogP contribution is 2.38. The number of carbonyl (C=O) groups excluding carboxylic acids is 2. The minimum absolute atomic E-state index is 0. The summed E-state index contributed by atoms with van der Waals surface area (Å²) >= 11 is 6.72. The molecule has 0 bridgehead atoms. The van der Waals surface area contributed by atoms with Crippen molar-refractivity contribution in [2.24, 2.45) is 0 Å². The molecule has 274 valence electrons. The maximum atomic E-state index is 14.9. The minimum Gasteiger partial charge on any atom is -0.508 e. The van der Waals surface area contributed by atoms with Gasteiger partial charge in [0.25, 0.3) is 11.8 Å². The number of ether oxygens (including phenoxy) is 1. The highest BCUT2D eigenvalue weighted by Gasteiger charge is 2.35. The second-order valence-electron chi connectivity index (χ2n) is 14.2. The molecular formula is C43H44Cl2N4O4. The average Bonchev–Trinajstić information content (AvgIpc) is 3.55. The first-order valence-electron chi connectivity index (χ1n) is 18.2. The van der Waals surface area contributed by atoms with E-state index in [0.717, 1.165) is 80.1 Å². The maximum Gasteiger partial charge on any atom is 0.264 e. The Hall–Kier alpha value is -4.60. The van der Waals surface area contributed by atoms with Crippen LogP contribution in [0.3, 0.4) is 0 Å². The number of rotatable bonds is 7. The van der Waals surface area contributed by atoms with Crippen LogP contribution in [0.25, 0.3) is 11.3 Å². The smallest absolute Gasteiger partial charge is 0.264 e. The quantitative estimate of drug-likeness (QED) is 0.181. The summed E-state index contributed by atoms with van der Waals surface area (Å²) in [5.74, 6) is -0.0723. The Kier molecular flexibility index (Phi) is 10.9. The van der Waals surface area contributed by atoms with Crippen molar-refractivity contribution in [1.29, 1.82) is 0 Å². The summed E-state index contributed by atoms with van der Waals surface area (Å²) in [4.78, 5) is 36.0. The molecule has 1 aromatic heterocycles. The van der Waals surface area contributed by atoms with E-state index in [-0.39, 0.29) is 36.0 Å². The number of halogens is 2. The van der Waals surface area contributed by atoms with Gasteiger partial charge in [-0.3, -0.25) is 19.4 Å². The predicted molar refractivity (Wildman–Crippen MR) is 212 cm³/mol. The molecule has 10 heteroatoms. The van der Waals surface area contributed by atoms with Crippen LogP contribution in [0, 0.1) is 6.92 Å². The molecule has 3 aliphatic rings. The van der Waals surface area contributed by atoms with Gasteiger partial charge in [0.05, 0.1) is 18.8 Å². The van der Waals surface area contributed by atoms with Gasteiger partial charge in [0, 0.05) is 77.7 Å². The molecule has 0 aliphatic carbocycles. The number of aryl methyl sites for hydroxylation is 1. The van der Waals surface area contributed by atoms with E-state index < -0.39 is 0 Å². The van der Waals surface area contributed by atoms with Gasteiger partial charge in [-0.15, -0.1) is 12.4 Å². The number of anilines is 2. The highest BCUT2D eigenvalue weighted by molar-refractivity contribution is 6.31. The van der Waals surface area contributed by atoms with Crippen LogP contribution < -0.4 is 4.90 Å². The zero-order valence-electron chi connectivity index (χ0n) is 29.8. The fourth-order valence-corrected chi connectivity index (χ4v) is 8.27. The van der Waals surface area contributed by atoms with E-state index in [0.29, 0.717) is 41.6 Å². The Balaban J connectivity index is 0.00000435. The van der Waals surface area contributed by atoms with Crippen LogP contribution in [-0.4, -0.2) is 70.2 Å². The van der Waals surface area contributed by atoms with Crippen molar-refractivity contribution < 1.29 is 19.4 Å². The van der Waals surface area contributed by atoms with E-state index in [4.69, 9.17) is 16.3 Å². The van der Waals surface area contributed by atoms with Crippen LogP contribution in [0.15, 0.2) is 97.1 Å². The lowest BCUT2D eigenvalue weighted by atomic mass is 9.92. The second-order valence-corrected chi connectivity index (χ2v) is 14.6. The average molecular weight is 752 g/mol. The molecule has 5 aromatic rings. The summed E-state index contributed by atoms with van der Waals surface area (Å²) < 4.78 is 7.85. The first-order valence-corrected chi connectivity index (χ1v) is 18.6. The van der Waals surface area contributed by atoms with Crippen LogP contribution in [0.1, 0.15) is 55.9 Å². The van der Waals surface area contributed by atoms with Gasteiger partial charge in [-0.05, 0) is 110 Å². The van der Waals surface area contributed by atoms with E-state index in [1.807, 2.05) is 60.4 Å². The molecule has 1 N–H and O–H groups in total. The van der Waals surface area contributed by atoms with Crippen molar-refractivity contribution >= 4 is 47.2 Å². The number of phenols is 1. The van der Waals surface area contributed by atoms with Crippen molar-refractivity contribution in [2.45, 2.75) is 51.7 Å². The Bertz CT molecular complexity index is 2130. The summed E-state index contributed by atoms with van der Waals surface area (Å²) in [5, 5.41) is 10.6. The molecular weight excluding hydrogens is 707 g/mol. The Labute approximate surface area is 322 Å². The molecule has 8 nitrogen and oxygen atoms in total. The molecule has 3 aliphatic heterocycles. The van der Waals surface area contributed by atoms with Crippen LogP contribution >= 0.6 is 24.0 Å². The van der Waals surface area contributed by atoms with Gasteiger partial charge in [0.1, 0.15) is 5.75 Å². The topological polar surface area (TPSA) is 78.2 Å². The molecule has 0 unspecified atom stereocenters. The van der Waals surface area contributed by atoms with Crippen LogP contribution in [0.4, 0.5) is 11.4 Å². The molecule has 0 saturated carbocycles. The third kappa shape index (κ3) is 7.47. The van der Waals surface area contributed by atoms with Crippen molar-refractivity contribution in [3.8, 4) is 17.0 Å². The standard InChI is InChI=1S/C43H43ClN4O4.ClH/c1-29-7-6-10-34(23-29)48(33-13-15-36(49)16-14-33)43(51)39-26-41(46-18-5-4-11-40(39)46)38-25-32(44)12-17-37(38)42(50)47-27-31-9-3-2-8-30(31)24-35(47)28-45-19-21-52-22-20-45;/h2-3,6-10,12-17,23,25-26,35,49H,4-5,11,18-22,24,27-28H2,1H3;1H/t35-;/m0./s1. The largest absolute Gasteiger partial charge is 0.508 e. The summed E-state index contributed by atoms with van der Waals surface area (Å²) in [6, 6.07) is 30.5. The highest BCUT2D eigenvalue weighted by atomic mass is 35.5. The molecule has 2 amide bonds. The number of morpholine rings is 1. The molecule has 53 heavy (non-hydrogen) atoms. The monoisotopic (exact) mass is 750 g/mol. The molecule has 8 rings (SSSR count). The van der Waals surface area contributed by atoms with Crippen molar-refractivity contribution in [3.63, 3.8) is 0 Å². The van der Waals surface area contributed by atoms with Crippen molar-refractivity contribution in [2.75, 3.05) is 37.7 Å². The number of hydrogen-bond acceptors (Lipinski definition) is 5. The number of amides is 2.